The quantitative estimate of drug-likeness (QED) is 0.769. The van der Waals surface area contributed by atoms with Gasteiger partial charge in [-0.3, -0.25) is 9.80 Å². The van der Waals surface area contributed by atoms with Crippen molar-refractivity contribution >= 4 is 0 Å². The molecule has 0 radical (unpaired) electrons. The molecule has 1 heterocycles. The molecule has 1 aliphatic heterocycles. The first-order valence-electron chi connectivity index (χ1n) is 7.14. The molecule has 0 aliphatic carbocycles. The van der Waals surface area contributed by atoms with Crippen LogP contribution in [0.15, 0.2) is 0 Å². The van der Waals surface area contributed by atoms with Crippen LogP contribution in [-0.4, -0.2) is 54.1 Å². The largest absolute Gasteiger partial charge is 0.329 e. The molecule has 1 atom stereocenters. The maximum absolute atomic E-state index is 6.12. The van der Waals surface area contributed by atoms with E-state index in [-0.39, 0.29) is 5.54 Å². The van der Waals surface area contributed by atoms with Crippen LogP contribution in [0.25, 0.3) is 0 Å². The second-order valence-corrected chi connectivity index (χ2v) is 6.18. The first-order valence-corrected chi connectivity index (χ1v) is 7.14. The van der Waals surface area contributed by atoms with Gasteiger partial charge in [-0.05, 0) is 32.7 Å². The summed E-state index contributed by atoms with van der Waals surface area (Å²) in [6.07, 6.45) is 1.22. The molecule has 3 nitrogen and oxygen atoms in total. The van der Waals surface area contributed by atoms with Gasteiger partial charge in [0.2, 0.25) is 0 Å². The second kappa shape index (κ2) is 6.17. The van der Waals surface area contributed by atoms with Gasteiger partial charge in [0.1, 0.15) is 0 Å². The summed E-state index contributed by atoms with van der Waals surface area (Å²) in [7, 11) is 0. The van der Waals surface area contributed by atoms with E-state index in [1.165, 1.54) is 19.5 Å². The summed E-state index contributed by atoms with van der Waals surface area (Å²) >= 11 is 0. The van der Waals surface area contributed by atoms with E-state index in [9.17, 15) is 0 Å². The lowest BCUT2D eigenvalue weighted by atomic mass is 9.94. The molecule has 0 aromatic heterocycles. The molecule has 17 heavy (non-hydrogen) atoms. The lowest BCUT2D eigenvalue weighted by molar-refractivity contribution is 0.0872. The molecule has 1 fully saturated rings. The van der Waals surface area contributed by atoms with E-state index < -0.39 is 0 Å². The van der Waals surface area contributed by atoms with E-state index >= 15 is 0 Å². The van der Waals surface area contributed by atoms with E-state index in [4.69, 9.17) is 5.73 Å². The summed E-state index contributed by atoms with van der Waals surface area (Å²) in [5.74, 6) is 0.714. The van der Waals surface area contributed by atoms with Crippen molar-refractivity contribution in [3.05, 3.63) is 0 Å². The molecule has 0 saturated carbocycles. The number of rotatable bonds is 6. The maximum Gasteiger partial charge on any atom is 0.0470 e. The van der Waals surface area contributed by atoms with E-state index in [0.29, 0.717) is 12.0 Å². The second-order valence-electron chi connectivity index (χ2n) is 6.18. The fraction of sp³-hybridized carbons (Fsp3) is 1.00. The average Bonchev–Trinajstić information content (AvgIpc) is 2.71. The monoisotopic (exact) mass is 241 g/mol. The van der Waals surface area contributed by atoms with Crippen molar-refractivity contribution in [2.24, 2.45) is 11.7 Å². The maximum atomic E-state index is 6.12. The predicted octanol–water partition coefficient (Wildman–Crippen LogP) is 1.78. The van der Waals surface area contributed by atoms with Crippen molar-refractivity contribution in [1.82, 2.24) is 9.80 Å². The van der Waals surface area contributed by atoms with E-state index in [1.807, 2.05) is 0 Å². The highest BCUT2D eigenvalue weighted by atomic mass is 15.3. The SMILES string of the molecule is CCN(CC(C)C)C1(CN)CCN(C(C)C)C1. The molecular weight excluding hydrogens is 210 g/mol. The Bertz CT molecular complexity index is 228. The third-order valence-electron chi connectivity index (χ3n) is 4.11. The Balaban J connectivity index is 2.74. The van der Waals surface area contributed by atoms with Crippen molar-refractivity contribution < 1.29 is 0 Å². The molecule has 2 N–H and O–H groups in total. The zero-order chi connectivity index (χ0) is 13.1. The van der Waals surface area contributed by atoms with Crippen LogP contribution < -0.4 is 5.73 Å². The van der Waals surface area contributed by atoms with E-state index in [1.54, 1.807) is 0 Å². The van der Waals surface area contributed by atoms with Gasteiger partial charge in [-0.25, -0.2) is 0 Å². The Morgan fingerprint density at radius 2 is 1.94 bits per heavy atom. The average molecular weight is 241 g/mol. The van der Waals surface area contributed by atoms with Crippen molar-refractivity contribution in [3.63, 3.8) is 0 Å². The van der Waals surface area contributed by atoms with Crippen LogP contribution in [0.1, 0.15) is 41.0 Å². The normalized spacial score (nSPS) is 26.6. The van der Waals surface area contributed by atoms with E-state index in [0.717, 1.165) is 19.6 Å². The topological polar surface area (TPSA) is 32.5 Å². The van der Waals surface area contributed by atoms with Crippen LogP contribution in [0, 0.1) is 5.92 Å². The third-order valence-corrected chi connectivity index (χ3v) is 4.11. The highest BCUT2D eigenvalue weighted by Gasteiger charge is 2.41. The van der Waals surface area contributed by atoms with Crippen molar-refractivity contribution in [1.29, 1.82) is 0 Å². The van der Waals surface area contributed by atoms with Gasteiger partial charge in [0.05, 0.1) is 0 Å². The van der Waals surface area contributed by atoms with Crippen LogP contribution in [-0.2, 0) is 0 Å². The number of likely N-dealkylation sites (N-methyl/N-ethyl adjacent to an activating group) is 1. The molecule has 1 unspecified atom stereocenters. The summed E-state index contributed by atoms with van der Waals surface area (Å²) in [6.45, 7) is 16.8. The Kier molecular flexibility index (Phi) is 5.42. The summed E-state index contributed by atoms with van der Waals surface area (Å²) < 4.78 is 0. The fourth-order valence-corrected chi connectivity index (χ4v) is 2.98. The molecule has 1 saturated heterocycles. The predicted molar refractivity (Wildman–Crippen MR) is 75.2 cm³/mol. The standard InChI is InChI=1S/C14H31N3/c1-6-17(9-12(2)3)14(10-15)7-8-16(11-14)13(4)5/h12-13H,6-11,15H2,1-5H3. The van der Waals surface area contributed by atoms with Crippen LogP contribution in [0.4, 0.5) is 0 Å². The molecule has 0 aromatic carbocycles. The van der Waals surface area contributed by atoms with Gasteiger partial charge < -0.3 is 5.73 Å². The Morgan fingerprint density at radius 1 is 1.29 bits per heavy atom. The number of nitrogens with two attached hydrogens (primary N) is 1. The summed E-state index contributed by atoms with van der Waals surface area (Å²) in [5, 5.41) is 0. The Morgan fingerprint density at radius 3 is 2.29 bits per heavy atom. The van der Waals surface area contributed by atoms with Gasteiger partial charge in [-0.1, -0.05) is 20.8 Å². The summed E-state index contributed by atoms with van der Waals surface area (Å²) in [5.41, 5.74) is 6.34. The molecular formula is C14H31N3. The van der Waals surface area contributed by atoms with Crippen molar-refractivity contribution in [3.8, 4) is 0 Å². The lowest BCUT2D eigenvalue weighted by Gasteiger charge is -2.41. The van der Waals surface area contributed by atoms with Crippen LogP contribution in [0.3, 0.4) is 0 Å². The minimum absolute atomic E-state index is 0.225. The summed E-state index contributed by atoms with van der Waals surface area (Å²) in [6, 6.07) is 0.640. The number of hydrogen-bond acceptors (Lipinski definition) is 3. The molecule has 0 spiro atoms. The van der Waals surface area contributed by atoms with Crippen molar-refractivity contribution in [2.45, 2.75) is 52.6 Å². The molecule has 3 heteroatoms. The molecule has 0 aromatic rings. The smallest absolute Gasteiger partial charge is 0.0470 e. The van der Waals surface area contributed by atoms with Crippen molar-refractivity contribution in [2.75, 3.05) is 32.7 Å². The zero-order valence-electron chi connectivity index (χ0n) is 12.4. The molecule has 1 rings (SSSR count). The molecule has 0 bridgehead atoms. The van der Waals surface area contributed by atoms with Gasteiger partial charge in [0.25, 0.3) is 0 Å². The van der Waals surface area contributed by atoms with Gasteiger partial charge in [0, 0.05) is 37.8 Å². The minimum Gasteiger partial charge on any atom is -0.329 e. The van der Waals surface area contributed by atoms with Crippen LogP contribution >= 0.6 is 0 Å². The lowest BCUT2D eigenvalue weighted by Crippen LogP contribution is -2.56. The molecule has 1 aliphatic rings. The fourth-order valence-electron chi connectivity index (χ4n) is 2.98. The van der Waals surface area contributed by atoms with Gasteiger partial charge in [0.15, 0.2) is 0 Å². The third kappa shape index (κ3) is 3.43. The highest BCUT2D eigenvalue weighted by molar-refractivity contribution is 5.00. The van der Waals surface area contributed by atoms with Gasteiger partial charge in [-0.15, -0.1) is 0 Å². The molecule has 102 valence electrons. The minimum atomic E-state index is 0.225. The first-order chi connectivity index (χ1) is 7.95. The summed E-state index contributed by atoms with van der Waals surface area (Å²) in [4.78, 5) is 5.18. The Labute approximate surface area is 107 Å². The highest BCUT2D eigenvalue weighted by Crippen LogP contribution is 2.29. The number of nitrogens with zero attached hydrogens (tertiary/aromatic N) is 2. The number of hydrogen-bond donors (Lipinski definition) is 1. The van der Waals surface area contributed by atoms with Gasteiger partial charge >= 0.3 is 0 Å². The number of likely N-dealkylation sites (tertiary alicyclic amines) is 1. The van der Waals surface area contributed by atoms with Crippen LogP contribution in [0.2, 0.25) is 0 Å². The van der Waals surface area contributed by atoms with Crippen LogP contribution in [0.5, 0.6) is 0 Å². The van der Waals surface area contributed by atoms with E-state index in [2.05, 4.69) is 44.4 Å². The first kappa shape index (κ1) is 14.9. The van der Waals surface area contributed by atoms with Gasteiger partial charge in [-0.2, -0.15) is 0 Å². The zero-order valence-corrected chi connectivity index (χ0v) is 12.4. The Hall–Kier alpha value is -0.120. The molecule has 0 amide bonds.